The maximum atomic E-state index is 10.6. The normalized spacial score (nSPS) is 10.7. The average molecular weight is 246 g/mol. The molecule has 0 amide bonds. The Morgan fingerprint density at radius 1 is 1.44 bits per heavy atom. The van der Waals surface area contributed by atoms with E-state index in [1.165, 1.54) is 6.21 Å². The molecule has 0 aliphatic carbocycles. The van der Waals surface area contributed by atoms with Gasteiger partial charge in [-0.15, -0.1) is 5.10 Å². The predicted octanol–water partition coefficient (Wildman–Crippen LogP) is 1.26. The molecule has 0 aliphatic rings. The van der Waals surface area contributed by atoms with E-state index in [0.29, 0.717) is 0 Å². The van der Waals surface area contributed by atoms with Crippen LogP contribution in [0.2, 0.25) is 0 Å². The number of H-pyrrole nitrogens is 1. The number of benzene rings is 1. The number of carboxylic acid groups (broad SMARTS) is 1. The first kappa shape index (κ1) is 11.8. The molecule has 7 nitrogen and oxygen atoms in total. The van der Waals surface area contributed by atoms with Crippen LogP contribution >= 0.6 is 0 Å². The monoisotopic (exact) mass is 246 g/mol. The summed E-state index contributed by atoms with van der Waals surface area (Å²) in [4.78, 5) is 18.2. The van der Waals surface area contributed by atoms with Crippen LogP contribution in [0, 0.1) is 0 Å². The molecular formula is C11H10N4O3. The van der Waals surface area contributed by atoms with Gasteiger partial charge in [0, 0.05) is 6.21 Å². The summed E-state index contributed by atoms with van der Waals surface area (Å²) >= 11 is 0. The quantitative estimate of drug-likeness (QED) is 0.791. The second-order valence-electron chi connectivity index (χ2n) is 3.32. The Morgan fingerprint density at radius 2 is 2.17 bits per heavy atom. The fourth-order valence-electron chi connectivity index (χ4n) is 1.23. The van der Waals surface area contributed by atoms with E-state index >= 15 is 0 Å². The summed E-state index contributed by atoms with van der Waals surface area (Å²) < 4.78 is 5.02. The number of nitrogens with zero attached hydrogens (tertiary/aromatic N) is 3. The van der Waals surface area contributed by atoms with Crippen molar-refractivity contribution in [1.82, 2.24) is 15.2 Å². The Kier molecular flexibility index (Phi) is 3.33. The van der Waals surface area contributed by atoms with Gasteiger partial charge in [-0.3, -0.25) is 5.10 Å². The van der Waals surface area contributed by atoms with Gasteiger partial charge in [-0.25, -0.2) is 9.79 Å². The van der Waals surface area contributed by atoms with Crippen LogP contribution in [0.4, 0.5) is 5.95 Å². The summed E-state index contributed by atoms with van der Waals surface area (Å²) in [6.07, 6.45) is 1.54. The third-order valence-electron chi connectivity index (χ3n) is 2.12. The van der Waals surface area contributed by atoms with Gasteiger partial charge in [0.1, 0.15) is 5.75 Å². The molecule has 0 atom stereocenters. The molecule has 0 bridgehead atoms. The Morgan fingerprint density at radius 3 is 2.72 bits per heavy atom. The Hall–Kier alpha value is -2.70. The number of aromatic nitrogens is 3. The zero-order valence-electron chi connectivity index (χ0n) is 9.49. The zero-order valence-corrected chi connectivity index (χ0v) is 9.49. The van der Waals surface area contributed by atoms with Crippen molar-refractivity contribution in [2.75, 3.05) is 7.11 Å². The molecular weight excluding hydrogens is 236 g/mol. The van der Waals surface area contributed by atoms with Gasteiger partial charge in [0.05, 0.1) is 7.11 Å². The van der Waals surface area contributed by atoms with Crippen molar-refractivity contribution in [3.8, 4) is 5.75 Å². The average Bonchev–Trinajstić information content (AvgIpc) is 2.86. The second-order valence-corrected chi connectivity index (χ2v) is 3.32. The summed E-state index contributed by atoms with van der Waals surface area (Å²) in [6.45, 7) is 0. The summed E-state index contributed by atoms with van der Waals surface area (Å²) in [7, 11) is 1.59. The third-order valence-corrected chi connectivity index (χ3v) is 2.12. The number of aromatic amines is 1. The van der Waals surface area contributed by atoms with Gasteiger partial charge in [-0.2, -0.15) is 4.98 Å². The second kappa shape index (κ2) is 5.09. The number of hydrogen-bond acceptors (Lipinski definition) is 5. The first-order valence-electron chi connectivity index (χ1n) is 5.03. The molecule has 2 N–H and O–H groups in total. The Bertz CT molecular complexity index is 574. The first-order chi connectivity index (χ1) is 8.69. The van der Waals surface area contributed by atoms with Gasteiger partial charge in [0.2, 0.25) is 5.82 Å². The highest BCUT2D eigenvalue weighted by Crippen LogP contribution is 2.10. The molecule has 18 heavy (non-hydrogen) atoms. The van der Waals surface area contributed by atoms with Crippen LogP contribution in [0.3, 0.4) is 0 Å². The van der Waals surface area contributed by atoms with E-state index in [-0.39, 0.29) is 11.8 Å². The molecule has 1 aromatic carbocycles. The number of methoxy groups -OCH3 is 1. The Balaban J connectivity index is 2.11. The number of hydrogen-bond donors (Lipinski definition) is 2. The van der Waals surface area contributed by atoms with Crippen LogP contribution in [0.25, 0.3) is 0 Å². The molecule has 7 heteroatoms. The number of carbonyl (C=O) groups is 1. The highest BCUT2D eigenvalue weighted by atomic mass is 16.5. The lowest BCUT2D eigenvalue weighted by molar-refractivity contribution is 0.0684. The van der Waals surface area contributed by atoms with Crippen LogP contribution in [-0.2, 0) is 0 Å². The van der Waals surface area contributed by atoms with E-state index in [1.54, 1.807) is 19.2 Å². The van der Waals surface area contributed by atoms with E-state index in [2.05, 4.69) is 20.2 Å². The maximum absolute atomic E-state index is 10.6. The number of ether oxygens (including phenoxy) is 1. The minimum absolute atomic E-state index is 0.0724. The lowest BCUT2D eigenvalue weighted by atomic mass is 10.2. The molecule has 0 spiro atoms. The largest absolute Gasteiger partial charge is 0.497 e. The lowest BCUT2D eigenvalue weighted by Crippen LogP contribution is -1.98. The maximum Gasteiger partial charge on any atom is 0.373 e. The van der Waals surface area contributed by atoms with Crippen LogP contribution < -0.4 is 4.74 Å². The van der Waals surface area contributed by atoms with E-state index in [9.17, 15) is 4.79 Å². The van der Waals surface area contributed by atoms with E-state index in [0.717, 1.165) is 11.3 Å². The smallest absolute Gasteiger partial charge is 0.373 e. The third kappa shape index (κ3) is 2.70. The van der Waals surface area contributed by atoms with Crippen molar-refractivity contribution in [2.24, 2.45) is 4.99 Å². The molecule has 0 fully saturated rings. The van der Waals surface area contributed by atoms with Crippen LogP contribution in [0.15, 0.2) is 29.3 Å². The molecule has 1 heterocycles. The zero-order chi connectivity index (χ0) is 13.0. The standard InChI is InChI=1S/C11H10N4O3/c1-18-8-4-2-7(3-5-8)6-12-11-13-9(10(16)17)14-15-11/h2-6H,1H3,(H,16,17)(H,13,14,15)/b12-6+. The van der Waals surface area contributed by atoms with Gasteiger partial charge in [0.15, 0.2) is 0 Å². The highest BCUT2D eigenvalue weighted by molar-refractivity contribution is 5.84. The molecule has 0 unspecified atom stereocenters. The van der Waals surface area contributed by atoms with Gasteiger partial charge >= 0.3 is 5.97 Å². The summed E-state index contributed by atoms with van der Waals surface area (Å²) in [6, 6.07) is 7.21. The number of aromatic carboxylic acids is 1. The molecule has 2 rings (SSSR count). The van der Waals surface area contributed by atoms with E-state index in [1.807, 2.05) is 12.1 Å². The van der Waals surface area contributed by atoms with Crippen molar-refractivity contribution in [1.29, 1.82) is 0 Å². The minimum Gasteiger partial charge on any atom is -0.497 e. The molecule has 92 valence electrons. The van der Waals surface area contributed by atoms with Crippen molar-refractivity contribution in [2.45, 2.75) is 0 Å². The summed E-state index contributed by atoms with van der Waals surface area (Å²) in [5.74, 6) is -0.591. The van der Waals surface area contributed by atoms with E-state index < -0.39 is 5.97 Å². The summed E-state index contributed by atoms with van der Waals surface area (Å²) in [5.41, 5.74) is 0.831. The minimum atomic E-state index is -1.17. The first-order valence-corrected chi connectivity index (χ1v) is 5.03. The van der Waals surface area contributed by atoms with Crippen LogP contribution in [-0.4, -0.2) is 39.6 Å². The van der Waals surface area contributed by atoms with Crippen molar-refractivity contribution >= 4 is 18.1 Å². The topological polar surface area (TPSA) is 100 Å². The van der Waals surface area contributed by atoms with E-state index in [4.69, 9.17) is 9.84 Å². The van der Waals surface area contributed by atoms with Gasteiger partial charge < -0.3 is 9.84 Å². The van der Waals surface area contributed by atoms with Crippen molar-refractivity contribution in [3.63, 3.8) is 0 Å². The predicted molar refractivity (Wildman–Crippen MR) is 63.6 cm³/mol. The molecule has 0 saturated carbocycles. The molecule has 0 radical (unpaired) electrons. The van der Waals surface area contributed by atoms with Crippen LogP contribution in [0.5, 0.6) is 5.75 Å². The molecule has 0 aliphatic heterocycles. The van der Waals surface area contributed by atoms with Crippen molar-refractivity contribution < 1.29 is 14.6 Å². The molecule has 0 saturated heterocycles. The van der Waals surface area contributed by atoms with Crippen molar-refractivity contribution in [3.05, 3.63) is 35.7 Å². The fraction of sp³-hybridized carbons (Fsp3) is 0.0909. The molecule has 1 aromatic heterocycles. The number of rotatable bonds is 4. The number of carboxylic acids is 1. The van der Waals surface area contributed by atoms with Gasteiger partial charge in [-0.1, -0.05) is 0 Å². The summed E-state index contributed by atoms with van der Waals surface area (Å²) in [5, 5.41) is 14.6. The number of aliphatic imine (C=N–C) groups is 1. The van der Waals surface area contributed by atoms with Gasteiger partial charge in [0.25, 0.3) is 5.95 Å². The Labute approximate surface area is 102 Å². The highest BCUT2D eigenvalue weighted by Gasteiger charge is 2.07. The number of nitrogens with one attached hydrogen (secondary N) is 1. The lowest BCUT2D eigenvalue weighted by Gasteiger charge is -1.98. The molecule has 2 aromatic rings. The SMILES string of the molecule is COc1ccc(/C=N/c2n[nH]c(C(=O)O)n2)cc1. The van der Waals surface area contributed by atoms with Gasteiger partial charge in [-0.05, 0) is 29.8 Å². The fourth-order valence-corrected chi connectivity index (χ4v) is 1.23. The van der Waals surface area contributed by atoms with Crippen LogP contribution in [0.1, 0.15) is 16.2 Å².